The van der Waals surface area contributed by atoms with Crippen molar-refractivity contribution in [3.8, 4) is 16.9 Å². The van der Waals surface area contributed by atoms with E-state index in [2.05, 4.69) is 5.32 Å². The van der Waals surface area contributed by atoms with E-state index in [1.807, 2.05) is 56.3 Å². The lowest BCUT2D eigenvalue weighted by Crippen LogP contribution is -2.33. The topological polar surface area (TPSA) is 58.6 Å². The number of hydrogen-bond donors (Lipinski definition) is 2. The minimum absolute atomic E-state index is 0.0587. The molecule has 0 unspecified atom stereocenters. The second kappa shape index (κ2) is 8.34. The second-order valence-corrected chi connectivity index (χ2v) is 5.40. The van der Waals surface area contributed by atoms with Gasteiger partial charge in [-0.1, -0.05) is 30.3 Å². The van der Waals surface area contributed by atoms with Gasteiger partial charge in [-0.15, -0.1) is 0 Å². The quantitative estimate of drug-likeness (QED) is 0.825. The van der Waals surface area contributed by atoms with Gasteiger partial charge in [0, 0.05) is 23.8 Å². The number of nitrogens with one attached hydrogen (secondary N) is 1. The summed E-state index contributed by atoms with van der Waals surface area (Å²) in [6, 6.07) is 15.2. The van der Waals surface area contributed by atoms with Crippen molar-refractivity contribution in [2.75, 3.05) is 13.2 Å². The molecule has 0 spiro atoms. The SMILES string of the molecule is CCOc1ccccc1-c1cccc(C(=O)N[C@H](C)CCO)c1. The maximum atomic E-state index is 12.3. The monoisotopic (exact) mass is 313 g/mol. The summed E-state index contributed by atoms with van der Waals surface area (Å²) in [7, 11) is 0. The Labute approximate surface area is 137 Å². The Balaban J connectivity index is 2.25. The molecule has 1 amide bonds. The number of benzene rings is 2. The van der Waals surface area contributed by atoms with Gasteiger partial charge in [-0.05, 0) is 44.0 Å². The van der Waals surface area contributed by atoms with Crippen LogP contribution in [0, 0.1) is 0 Å². The van der Waals surface area contributed by atoms with E-state index in [4.69, 9.17) is 9.84 Å². The standard InChI is InChI=1S/C19H23NO3/c1-3-23-18-10-5-4-9-17(18)15-7-6-8-16(13-15)19(22)20-14(2)11-12-21/h4-10,13-14,21H,3,11-12H2,1-2H3,(H,20,22)/t14-/m1/s1. The smallest absolute Gasteiger partial charge is 0.251 e. The van der Waals surface area contributed by atoms with Crippen LogP contribution >= 0.6 is 0 Å². The summed E-state index contributed by atoms with van der Waals surface area (Å²) >= 11 is 0. The molecule has 4 heteroatoms. The lowest BCUT2D eigenvalue weighted by molar-refractivity contribution is 0.0934. The molecular weight excluding hydrogens is 290 g/mol. The first-order valence-electron chi connectivity index (χ1n) is 7.89. The molecule has 1 atom stereocenters. The summed E-state index contributed by atoms with van der Waals surface area (Å²) in [6.07, 6.45) is 0.540. The molecule has 2 aromatic rings. The van der Waals surface area contributed by atoms with Crippen LogP contribution in [0.1, 0.15) is 30.6 Å². The summed E-state index contributed by atoms with van der Waals surface area (Å²) in [5.41, 5.74) is 2.50. The van der Waals surface area contributed by atoms with Gasteiger partial charge in [0.15, 0.2) is 0 Å². The van der Waals surface area contributed by atoms with Crippen molar-refractivity contribution in [1.82, 2.24) is 5.32 Å². The Morgan fingerprint density at radius 3 is 2.74 bits per heavy atom. The van der Waals surface area contributed by atoms with Crippen LogP contribution in [0.2, 0.25) is 0 Å². The van der Waals surface area contributed by atoms with Crippen LogP contribution in [0.4, 0.5) is 0 Å². The molecule has 0 aliphatic carbocycles. The average molecular weight is 313 g/mol. The molecule has 0 aliphatic heterocycles. The molecule has 0 saturated carbocycles. The normalized spacial score (nSPS) is 11.8. The number of para-hydroxylation sites is 1. The molecule has 0 aromatic heterocycles. The molecule has 122 valence electrons. The zero-order valence-electron chi connectivity index (χ0n) is 13.6. The Morgan fingerprint density at radius 2 is 2.00 bits per heavy atom. The maximum Gasteiger partial charge on any atom is 0.251 e. The highest BCUT2D eigenvalue weighted by Crippen LogP contribution is 2.30. The first-order valence-corrected chi connectivity index (χ1v) is 7.89. The molecule has 0 saturated heterocycles. The maximum absolute atomic E-state index is 12.3. The van der Waals surface area contributed by atoms with Crippen LogP contribution in [-0.4, -0.2) is 30.3 Å². The number of carbonyl (C=O) groups excluding carboxylic acids is 1. The fourth-order valence-electron chi connectivity index (χ4n) is 2.39. The molecule has 0 fully saturated rings. The van der Waals surface area contributed by atoms with E-state index >= 15 is 0 Å². The predicted octanol–water partition coefficient (Wildman–Crippen LogP) is 3.25. The number of aliphatic hydroxyl groups excluding tert-OH is 1. The van der Waals surface area contributed by atoms with Gasteiger partial charge in [-0.2, -0.15) is 0 Å². The van der Waals surface area contributed by atoms with E-state index in [1.54, 1.807) is 6.07 Å². The first-order chi connectivity index (χ1) is 11.2. The van der Waals surface area contributed by atoms with Crippen LogP contribution < -0.4 is 10.1 Å². The van der Waals surface area contributed by atoms with Crippen molar-refractivity contribution < 1.29 is 14.6 Å². The molecule has 2 rings (SSSR count). The Hall–Kier alpha value is -2.33. The molecule has 0 heterocycles. The van der Waals surface area contributed by atoms with Crippen molar-refractivity contribution in [3.63, 3.8) is 0 Å². The van der Waals surface area contributed by atoms with Gasteiger partial charge in [0.1, 0.15) is 5.75 Å². The Kier molecular flexibility index (Phi) is 6.18. The van der Waals surface area contributed by atoms with Crippen molar-refractivity contribution in [2.45, 2.75) is 26.3 Å². The third-order valence-electron chi connectivity index (χ3n) is 3.56. The summed E-state index contributed by atoms with van der Waals surface area (Å²) in [5.74, 6) is 0.669. The van der Waals surface area contributed by atoms with E-state index in [0.29, 0.717) is 18.6 Å². The molecule has 2 N–H and O–H groups in total. The third-order valence-corrected chi connectivity index (χ3v) is 3.56. The number of aliphatic hydroxyl groups is 1. The number of hydrogen-bond acceptors (Lipinski definition) is 3. The fourth-order valence-corrected chi connectivity index (χ4v) is 2.39. The van der Waals surface area contributed by atoms with E-state index in [0.717, 1.165) is 16.9 Å². The summed E-state index contributed by atoms with van der Waals surface area (Å²) < 4.78 is 5.66. The average Bonchev–Trinajstić information content (AvgIpc) is 2.56. The van der Waals surface area contributed by atoms with Gasteiger partial charge in [-0.25, -0.2) is 0 Å². The van der Waals surface area contributed by atoms with Crippen LogP contribution in [0.15, 0.2) is 48.5 Å². The Bertz CT molecular complexity index is 655. The molecule has 0 radical (unpaired) electrons. The minimum atomic E-state index is -0.137. The van der Waals surface area contributed by atoms with E-state index in [1.165, 1.54) is 0 Å². The van der Waals surface area contributed by atoms with Crippen LogP contribution in [0.5, 0.6) is 5.75 Å². The van der Waals surface area contributed by atoms with Crippen LogP contribution in [0.3, 0.4) is 0 Å². The summed E-state index contributed by atoms with van der Waals surface area (Å²) in [6.45, 7) is 4.48. The van der Waals surface area contributed by atoms with Gasteiger partial charge < -0.3 is 15.2 Å². The number of carbonyl (C=O) groups is 1. The van der Waals surface area contributed by atoms with Crippen molar-refractivity contribution in [3.05, 3.63) is 54.1 Å². The van der Waals surface area contributed by atoms with Crippen molar-refractivity contribution in [1.29, 1.82) is 0 Å². The number of amides is 1. The van der Waals surface area contributed by atoms with Gasteiger partial charge in [0.05, 0.1) is 6.61 Å². The van der Waals surface area contributed by atoms with Gasteiger partial charge in [0.2, 0.25) is 0 Å². The molecule has 0 aliphatic rings. The van der Waals surface area contributed by atoms with Crippen molar-refractivity contribution in [2.24, 2.45) is 0 Å². The van der Waals surface area contributed by atoms with Crippen LogP contribution in [-0.2, 0) is 0 Å². The fraction of sp³-hybridized carbons (Fsp3) is 0.316. The second-order valence-electron chi connectivity index (χ2n) is 5.40. The van der Waals surface area contributed by atoms with Crippen molar-refractivity contribution >= 4 is 5.91 Å². The molecule has 23 heavy (non-hydrogen) atoms. The largest absolute Gasteiger partial charge is 0.493 e. The highest BCUT2D eigenvalue weighted by molar-refractivity contribution is 5.95. The highest BCUT2D eigenvalue weighted by atomic mass is 16.5. The number of rotatable bonds is 7. The zero-order chi connectivity index (χ0) is 16.7. The lowest BCUT2D eigenvalue weighted by atomic mass is 10.0. The Morgan fingerprint density at radius 1 is 1.22 bits per heavy atom. The molecule has 4 nitrogen and oxygen atoms in total. The molecule has 0 bridgehead atoms. The van der Waals surface area contributed by atoms with Gasteiger partial charge >= 0.3 is 0 Å². The van der Waals surface area contributed by atoms with E-state index in [9.17, 15) is 4.79 Å². The first kappa shape index (κ1) is 17.0. The molecule has 2 aromatic carbocycles. The number of ether oxygens (including phenoxy) is 1. The van der Waals surface area contributed by atoms with E-state index < -0.39 is 0 Å². The minimum Gasteiger partial charge on any atom is -0.493 e. The predicted molar refractivity (Wildman–Crippen MR) is 91.7 cm³/mol. The lowest BCUT2D eigenvalue weighted by Gasteiger charge is -2.14. The van der Waals surface area contributed by atoms with Crippen LogP contribution in [0.25, 0.3) is 11.1 Å². The highest BCUT2D eigenvalue weighted by Gasteiger charge is 2.12. The third kappa shape index (κ3) is 4.57. The van der Waals surface area contributed by atoms with Gasteiger partial charge in [0.25, 0.3) is 5.91 Å². The summed E-state index contributed by atoms with van der Waals surface area (Å²) in [4.78, 5) is 12.3. The zero-order valence-corrected chi connectivity index (χ0v) is 13.6. The van der Waals surface area contributed by atoms with Gasteiger partial charge in [-0.3, -0.25) is 4.79 Å². The summed E-state index contributed by atoms with van der Waals surface area (Å²) in [5, 5.41) is 11.8. The van der Waals surface area contributed by atoms with E-state index in [-0.39, 0.29) is 18.6 Å². The molecular formula is C19H23NO3.